The number of nitrogens with one attached hydrogen (secondary N) is 1. The Morgan fingerprint density at radius 2 is 1.96 bits per heavy atom. The van der Waals surface area contributed by atoms with Gasteiger partial charge in [0.15, 0.2) is 0 Å². The van der Waals surface area contributed by atoms with E-state index in [0.29, 0.717) is 22.6 Å². The Morgan fingerprint density at radius 1 is 1.17 bits per heavy atom. The Kier molecular flexibility index (Phi) is 3.16. The van der Waals surface area contributed by atoms with E-state index in [0.717, 1.165) is 16.5 Å². The van der Waals surface area contributed by atoms with Gasteiger partial charge in [0.05, 0.1) is 12.9 Å². The average Bonchev–Trinajstić information content (AvgIpc) is 2.91. The lowest BCUT2D eigenvalue weighted by Crippen LogP contribution is -2.21. The van der Waals surface area contributed by atoms with Crippen LogP contribution < -0.4 is 5.56 Å². The molecule has 0 unspecified atom stereocenters. The third-order valence-corrected chi connectivity index (χ3v) is 4.04. The molecular formula is C17H11ClFN3O. The molecule has 0 bridgehead atoms. The van der Waals surface area contributed by atoms with E-state index >= 15 is 0 Å². The lowest BCUT2D eigenvalue weighted by atomic mass is 10.2. The van der Waals surface area contributed by atoms with Crippen LogP contribution in [0.25, 0.3) is 21.9 Å². The minimum Gasteiger partial charge on any atom is -0.349 e. The SMILES string of the molecule is O=c1c2[nH]c3ccc(Cl)cc3c2ncn1Cc1ccc(F)cc1. The van der Waals surface area contributed by atoms with E-state index in [1.54, 1.807) is 24.3 Å². The number of aromatic nitrogens is 3. The van der Waals surface area contributed by atoms with Crippen molar-refractivity contribution in [1.29, 1.82) is 0 Å². The van der Waals surface area contributed by atoms with E-state index in [2.05, 4.69) is 9.97 Å². The fourth-order valence-electron chi connectivity index (χ4n) is 2.66. The third kappa shape index (κ3) is 2.39. The van der Waals surface area contributed by atoms with Crippen LogP contribution in [0.4, 0.5) is 4.39 Å². The van der Waals surface area contributed by atoms with Gasteiger partial charge in [-0.25, -0.2) is 9.37 Å². The van der Waals surface area contributed by atoms with Crippen LogP contribution in [0.2, 0.25) is 5.02 Å². The average molecular weight is 328 g/mol. The summed E-state index contributed by atoms with van der Waals surface area (Å²) >= 11 is 6.01. The van der Waals surface area contributed by atoms with Crippen molar-refractivity contribution in [3.63, 3.8) is 0 Å². The van der Waals surface area contributed by atoms with Crippen molar-refractivity contribution in [3.05, 3.63) is 75.5 Å². The molecule has 4 nitrogen and oxygen atoms in total. The van der Waals surface area contributed by atoms with Crippen LogP contribution in [-0.2, 0) is 6.54 Å². The number of aromatic amines is 1. The predicted octanol–water partition coefficient (Wildman–Crippen LogP) is 3.72. The topological polar surface area (TPSA) is 50.7 Å². The van der Waals surface area contributed by atoms with E-state index in [1.165, 1.54) is 23.0 Å². The molecule has 2 aromatic heterocycles. The first-order valence-corrected chi connectivity index (χ1v) is 7.40. The molecule has 4 rings (SSSR count). The lowest BCUT2D eigenvalue weighted by molar-refractivity contribution is 0.626. The number of halogens is 2. The van der Waals surface area contributed by atoms with Gasteiger partial charge in [0.2, 0.25) is 0 Å². The summed E-state index contributed by atoms with van der Waals surface area (Å²) in [7, 11) is 0. The highest BCUT2D eigenvalue weighted by molar-refractivity contribution is 6.31. The van der Waals surface area contributed by atoms with Gasteiger partial charge < -0.3 is 4.98 Å². The van der Waals surface area contributed by atoms with Crippen molar-refractivity contribution in [3.8, 4) is 0 Å². The van der Waals surface area contributed by atoms with Crippen molar-refractivity contribution in [2.45, 2.75) is 6.54 Å². The van der Waals surface area contributed by atoms with Crippen LogP contribution in [0.3, 0.4) is 0 Å². The normalized spacial score (nSPS) is 11.4. The number of H-pyrrole nitrogens is 1. The first kappa shape index (κ1) is 14.0. The molecule has 0 atom stereocenters. The monoisotopic (exact) mass is 327 g/mol. The molecular weight excluding hydrogens is 317 g/mol. The minimum atomic E-state index is -0.304. The highest BCUT2D eigenvalue weighted by Gasteiger charge is 2.11. The quantitative estimate of drug-likeness (QED) is 0.610. The van der Waals surface area contributed by atoms with Crippen molar-refractivity contribution in [2.75, 3.05) is 0 Å². The van der Waals surface area contributed by atoms with Crippen LogP contribution in [-0.4, -0.2) is 14.5 Å². The van der Waals surface area contributed by atoms with Gasteiger partial charge in [0.25, 0.3) is 5.56 Å². The second kappa shape index (κ2) is 5.21. The number of benzene rings is 2. The van der Waals surface area contributed by atoms with Crippen molar-refractivity contribution in [2.24, 2.45) is 0 Å². The molecule has 0 saturated carbocycles. The van der Waals surface area contributed by atoms with Crippen LogP contribution in [0.1, 0.15) is 5.56 Å². The van der Waals surface area contributed by atoms with Crippen LogP contribution in [0, 0.1) is 5.82 Å². The fraction of sp³-hybridized carbons (Fsp3) is 0.0588. The third-order valence-electron chi connectivity index (χ3n) is 3.80. The summed E-state index contributed by atoms with van der Waals surface area (Å²) < 4.78 is 14.5. The zero-order valence-corrected chi connectivity index (χ0v) is 12.6. The second-order valence-corrected chi connectivity index (χ2v) is 5.78. The predicted molar refractivity (Wildman–Crippen MR) is 88.4 cm³/mol. The molecule has 114 valence electrons. The van der Waals surface area contributed by atoms with Gasteiger partial charge in [-0.15, -0.1) is 0 Å². The number of nitrogens with zero attached hydrogens (tertiary/aromatic N) is 2. The van der Waals surface area contributed by atoms with Gasteiger partial charge >= 0.3 is 0 Å². The van der Waals surface area contributed by atoms with Crippen molar-refractivity contribution >= 4 is 33.5 Å². The summed E-state index contributed by atoms with van der Waals surface area (Å²) in [5.74, 6) is -0.304. The zero-order valence-electron chi connectivity index (χ0n) is 11.9. The van der Waals surface area contributed by atoms with Gasteiger partial charge in [-0.05, 0) is 35.9 Å². The molecule has 6 heteroatoms. The molecule has 0 aliphatic carbocycles. The lowest BCUT2D eigenvalue weighted by Gasteiger charge is -2.05. The number of fused-ring (bicyclic) bond motifs is 3. The van der Waals surface area contributed by atoms with E-state index in [-0.39, 0.29) is 11.4 Å². The maximum atomic E-state index is 13.0. The van der Waals surface area contributed by atoms with Gasteiger partial charge in [0.1, 0.15) is 16.9 Å². The summed E-state index contributed by atoms with van der Waals surface area (Å²) in [6.45, 7) is 0.332. The molecule has 23 heavy (non-hydrogen) atoms. The number of hydrogen-bond acceptors (Lipinski definition) is 2. The summed E-state index contributed by atoms with van der Waals surface area (Å²) in [4.78, 5) is 20.1. The van der Waals surface area contributed by atoms with E-state index in [9.17, 15) is 9.18 Å². The highest BCUT2D eigenvalue weighted by Crippen LogP contribution is 2.24. The Bertz CT molecular complexity index is 1080. The smallest absolute Gasteiger partial charge is 0.277 e. The molecule has 0 aliphatic heterocycles. The molecule has 0 aliphatic rings. The molecule has 2 aromatic carbocycles. The van der Waals surface area contributed by atoms with Gasteiger partial charge in [-0.3, -0.25) is 9.36 Å². The van der Waals surface area contributed by atoms with E-state index < -0.39 is 0 Å². The summed E-state index contributed by atoms with van der Waals surface area (Å²) in [6, 6.07) is 11.4. The first-order chi connectivity index (χ1) is 11.1. The summed E-state index contributed by atoms with van der Waals surface area (Å²) in [5.41, 5.74) is 2.50. The Balaban J connectivity index is 1.86. The van der Waals surface area contributed by atoms with Gasteiger partial charge in [-0.2, -0.15) is 0 Å². The fourth-order valence-corrected chi connectivity index (χ4v) is 2.83. The molecule has 0 saturated heterocycles. The standard InChI is InChI=1S/C17H11ClFN3O/c18-11-3-6-14-13(7-11)15-16(21-14)17(23)22(9-20-15)8-10-1-4-12(19)5-2-10/h1-7,9,21H,8H2. The highest BCUT2D eigenvalue weighted by atomic mass is 35.5. The molecule has 1 N–H and O–H groups in total. The Morgan fingerprint density at radius 3 is 2.74 bits per heavy atom. The van der Waals surface area contributed by atoms with E-state index in [1.807, 2.05) is 6.07 Å². The Hall–Kier alpha value is -2.66. The number of hydrogen-bond donors (Lipinski definition) is 1. The molecule has 0 spiro atoms. The van der Waals surface area contributed by atoms with Crippen LogP contribution >= 0.6 is 11.6 Å². The molecule has 0 amide bonds. The molecule has 4 aromatic rings. The summed E-state index contributed by atoms with van der Waals surface area (Å²) in [6.07, 6.45) is 1.50. The minimum absolute atomic E-state index is 0.174. The maximum absolute atomic E-state index is 13.0. The Labute approximate surface area is 135 Å². The van der Waals surface area contributed by atoms with Crippen molar-refractivity contribution < 1.29 is 4.39 Å². The molecule has 0 fully saturated rings. The largest absolute Gasteiger partial charge is 0.349 e. The van der Waals surface area contributed by atoms with Crippen molar-refractivity contribution in [1.82, 2.24) is 14.5 Å². The zero-order chi connectivity index (χ0) is 16.0. The van der Waals surface area contributed by atoms with E-state index in [4.69, 9.17) is 11.6 Å². The van der Waals surface area contributed by atoms with Gasteiger partial charge in [0, 0.05) is 15.9 Å². The molecule has 2 heterocycles. The van der Waals surface area contributed by atoms with Gasteiger partial charge in [-0.1, -0.05) is 23.7 Å². The first-order valence-electron chi connectivity index (χ1n) is 7.02. The second-order valence-electron chi connectivity index (χ2n) is 5.34. The van der Waals surface area contributed by atoms with Crippen LogP contribution in [0.15, 0.2) is 53.6 Å². The molecule has 0 radical (unpaired) electrons. The van der Waals surface area contributed by atoms with Crippen LogP contribution in [0.5, 0.6) is 0 Å². The maximum Gasteiger partial charge on any atom is 0.277 e. The summed E-state index contributed by atoms with van der Waals surface area (Å²) in [5, 5.41) is 1.41. The number of rotatable bonds is 2.